The Kier molecular flexibility index (Phi) is 7.75. The number of Topliss-reactive ketones (excluding diaryl/α,β-unsaturated/α-hetero) is 1. The average molecular weight is 405 g/mol. The van der Waals surface area contributed by atoms with Crippen molar-refractivity contribution in [1.29, 1.82) is 0 Å². The Hall–Kier alpha value is -2.90. The number of hydrogen-bond acceptors (Lipinski definition) is 7. The van der Waals surface area contributed by atoms with Crippen LogP contribution in [0, 0.1) is 0 Å². The fourth-order valence-corrected chi connectivity index (χ4v) is 2.85. The summed E-state index contributed by atoms with van der Waals surface area (Å²) in [5.74, 6) is -1.24. The number of carbonyl (C=O) groups excluding carboxylic acids is 4. The van der Waals surface area contributed by atoms with Crippen LogP contribution in [-0.4, -0.2) is 49.0 Å². The van der Waals surface area contributed by atoms with Crippen molar-refractivity contribution in [2.24, 2.45) is 0 Å². The first kappa shape index (κ1) is 22.4. The van der Waals surface area contributed by atoms with E-state index in [1.807, 2.05) is 6.92 Å². The molecule has 0 radical (unpaired) electrons. The predicted molar refractivity (Wildman–Crippen MR) is 105 cm³/mol. The summed E-state index contributed by atoms with van der Waals surface area (Å²) in [4.78, 5) is 50.2. The third-order valence-corrected chi connectivity index (χ3v) is 4.64. The molecule has 0 bridgehead atoms. The molecule has 0 saturated heterocycles. The smallest absolute Gasteiger partial charge is 0.329 e. The zero-order chi connectivity index (χ0) is 21.6. The number of ketones is 1. The standard InChI is InChI=1S/C21H27NO7/c1-5-13(3)29-21(26)14(4)22-16-11-15(7-9-18(16)28-12-19(22)24)17(23)8-10-20(25)27-6-2/h7,9,11,13-14H,5-6,8,10,12H2,1-4H3. The van der Waals surface area contributed by atoms with Crippen LogP contribution in [0.25, 0.3) is 0 Å². The number of carbonyl (C=O) groups is 4. The van der Waals surface area contributed by atoms with Crippen molar-refractivity contribution in [2.75, 3.05) is 18.1 Å². The van der Waals surface area contributed by atoms with Gasteiger partial charge in [-0.2, -0.15) is 0 Å². The molecule has 29 heavy (non-hydrogen) atoms. The molecule has 0 spiro atoms. The summed E-state index contributed by atoms with van der Waals surface area (Å²) in [6.45, 7) is 7.00. The minimum atomic E-state index is -0.871. The van der Waals surface area contributed by atoms with Crippen LogP contribution in [0.2, 0.25) is 0 Å². The third-order valence-electron chi connectivity index (χ3n) is 4.64. The lowest BCUT2D eigenvalue weighted by Gasteiger charge is -2.33. The monoisotopic (exact) mass is 405 g/mol. The van der Waals surface area contributed by atoms with Gasteiger partial charge in [0, 0.05) is 12.0 Å². The Morgan fingerprint density at radius 1 is 1.17 bits per heavy atom. The number of esters is 2. The highest BCUT2D eigenvalue weighted by Gasteiger charge is 2.35. The second kappa shape index (κ2) is 10.0. The van der Waals surface area contributed by atoms with Gasteiger partial charge in [-0.05, 0) is 45.4 Å². The van der Waals surface area contributed by atoms with Crippen LogP contribution in [0.15, 0.2) is 18.2 Å². The number of ether oxygens (including phenoxy) is 3. The van der Waals surface area contributed by atoms with Gasteiger partial charge in [0.1, 0.15) is 11.8 Å². The van der Waals surface area contributed by atoms with Crippen molar-refractivity contribution >= 4 is 29.3 Å². The molecule has 158 valence electrons. The summed E-state index contributed by atoms with van der Waals surface area (Å²) >= 11 is 0. The Morgan fingerprint density at radius 2 is 1.90 bits per heavy atom. The lowest BCUT2D eigenvalue weighted by molar-refractivity contribution is -0.150. The maximum absolute atomic E-state index is 12.5. The second-order valence-corrected chi connectivity index (χ2v) is 6.79. The number of fused-ring (bicyclic) bond motifs is 1. The van der Waals surface area contributed by atoms with Crippen molar-refractivity contribution in [3.8, 4) is 5.75 Å². The van der Waals surface area contributed by atoms with E-state index in [9.17, 15) is 19.2 Å². The van der Waals surface area contributed by atoms with Crippen LogP contribution < -0.4 is 9.64 Å². The van der Waals surface area contributed by atoms with E-state index in [-0.39, 0.29) is 37.9 Å². The van der Waals surface area contributed by atoms with Crippen LogP contribution in [-0.2, 0) is 23.9 Å². The quantitative estimate of drug-likeness (QED) is 0.460. The van der Waals surface area contributed by atoms with Gasteiger partial charge in [-0.1, -0.05) is 6.92 Å². The number of amides is 1. The summed E-state index contributed by atoms with van der Waals surface area (Å²) in [6.07, 6.45) is 0.348. The van der Waals surface area contributed by atoms with Gasteiger partial charge in [-0.3, -0.25) is 19.3 Å². The zero-order valence-corrected chi connectivity index (χ0v) is 17.2. The van der Waals surface area contributed by atoms with Crippen molar-refractivity contribution in [3.05, 3.63) is 23.8 Å². The van der Waals surface area contributed by atoms with Crippen molar-refractivity contribution in [3.63, 3.8) is 0 Å². The van der Waals surface area contributed by atoms with E-state index in [2.05, 4.69) is 0 Å². The van der Waals surface area contributed by atoms with E-state index in [1.54, 1.807) is 32.9 Å². The van der Waals surface area contributed by atoms with Gasteiger partial charge in [-0.25, -0.2) is 4.79 Å². The van der Waals surface area contributed by atoms with Gasteiger partial charge in [0.2, 0.25) is 0 Å². The molecular formula is C21H27NO7. The Labute approximate surface area is 170 Å². The van der Waals surface area contributed by atoms with Crippen molar-refractivity contribution in [2.45, 2.75) is 59.1 Å². The zero-order valence-electron chi connectivity index (χ0n) is 17.2. The van der Waals surface area contributed by atoms with Gasteiger partial charge < -0.3 is 14.2 Å². The number of rotatable bonds is 9. The molecule has 1 aliphatic heterocycles. The number of benzene rings is 1. The molecule has 2 atom stereocenters. The molecule has 8 nitrogen and oxygen atoms in total. The fourth-order valence-electron chi connectivity index (χ4n) is 2.85. The van der Waals surface area contributed by atoms with Crippen LogP contribution in [0.3, 0.4) is 0 Å². The van der Waals surface area contributed by atoms with E-state index >= 15 is 0 Å². The minimum Gasteiger partial charge on any atom is -0.482 e. The van der Waals surface area contributed by atoms with Crippen molar-refractivity contribution < 1.29 is 33.4 Å². The average Bonchev–Trinajstić information content (AvgIpc) is 2.71. The molecule has 0 aliphatic carbocycles. The first-order valence-electron chi connectivity index (χ1n) is 9.76. The Bertz CT molecular complexity index is 789. The molecular weight excluding hydrogens is 378 g/mol. The number of hydrogen-bond donors (Lipinski definition) is 0. The van der Waals surface area contributed by atoms with Crippen LogP contribution in [0.1, 0.15) is 57.3 Å². The van der Waals surface area contributed by atoms with E-state index in [0.717, 1.165) is 0 Å². The molecule has 1 aromatic carbocycles. The normalized spacial score (nSPS) is 15.0. The lowest BCUT2D eigenvalue weighted by atomic mass is 10.0. The third kappa shape index (κ3) is 5.56. The molecule has 2 unspecified atom stereocenters. The Morgan fingerprint density at radius 3 is 2.55 bits per heavy atom. The molecule has 1 aromatic rings. The van der Waals surface area contributed by atoms with Gasteiger partial charge in [0.05, 0.1) is 24.8 Å². The largest absolute Gasteiger partial charge is 0.482 e. The summed E-state index contributed by atoms with van der Waals surface area (Å²) in [5.41, 5.74) is 0.649. The molecule has 8 heteroatoms. The van der Waals surface area contributed by atoms with Crippen LogP contribution >= 0.6 is 0 Å². The molecule has 0 N–H and O–H groups in total. The SMILES string of the molecule is CCOC(=O)CCC(=O)c1ccc2c(c1)N(C(C)C(=O)OC(C)CC)C(=O)CO2. The van der Waals surface area contributed by atoms with Gasteiger partial charge in [0.25, 0.3) is 5.91 Å². The van der Waals surface area contributed by atoms with Crippen LogP contribution in [0.4, 0.5) is 5.69 Å². The maximum Gasteiger partial charge on any atom is 0.329 e. The first-order chi connectivity index (χ1) is 13.8. The molecule has 1 aliphatic rings. The lowest BCUT2D eigenvalue weighted by Crippen LogP contribution is -2.49. The number of anilines is 1. The molecule has 0 fully saturated rings. The van der Waals surface area contributed by atoms with E-state index in [4.69, 9.17) is 14.2 Å². The van der Waals surface area contributed by atoms with E-state index in [1.165, 1.54) is 11.0 Å². The van der Waals surface area contributed by atoms with Gasteiger partial charge in [-0.15, -0.1) is 0 Å². The second-order valence-electron chi connectivity index (χ2n) is 6.79. The highest BCUT2D eigenvalue weighted by molar-refractivity contribution is 6.05. The molecule has 1 amide bonds. The molecule has 0 aromatic heterocycles. The van der Waals surface area contributed by atoms with E-state index < -0.39 is 23.9 Å². The highest BCUT2D eigenvalue weighted by Crippen LogP contribution is 2.35. The van der Waals surface area contributed by atoms with Crippen LogP contribution in [0.5, 0.6) is 5.75 Å². The predicted octanol–water partition coefficient (Wildman–Crippen LogP) is 2.67. The highest BCUT2D eigenvalue weighted by atomic mass is 16.5. The first-order valence-corrected chi connectivity index (χ1v) is 9.76. The summed E-state index contributed by atoms with van der Waals surface area (Å²) in [6, 6.07) is 3.79. The van der Waals surface area contributed by atoms with Gasteiger partial charge in [0.15, 0.2) is 12.4 Å². The maximum atomic E-state index is 12.5. The van der Waals surface area contributed by atoms with Gasteiger partial charge >= 0.3 is 11.9 Å². The number of nitrogens with zero attached hydrogens (tertiary/aromatic N) is 1. The molecule has 0 saturated carbocycles. The summed E-state index contributed by atoms with van der Waals surface area (Å²) < 4.78 is 15.6. The fraction of sp³-hybridized carbons (Fsp3) is 0.524. The molecule has 1 heterocycles. The van der Waals surface area contributed by atoms with E-state index in [0.29, 0.717) is 23.4 Å². The Balaban J connectivity index is 2.23. The summed E-state index contributed by atoms with van der Waals surface area (Å²) in [5, 5.41) is 0. The minimum absolute atomic E-state index is 0.0158. The topological polar surface area (TPSA) is 99.2 Å². The van der Waals surface area contributed by atoms with Crippen molar-refractivity contribution in [1.82, 2.24) is 0 Å². The summed E-state index contributed by atoms with van der Waals surface area (Å²) in [7, 11) is 0. The molecule has 2 rings (SSSR count).